The molecule has 2 rings (SSSR count). The SMILES string of the molecule is C=CCNc1nc(-c2ccccc2)ccc1C#N. The first-order valence-corrected chi connectivity index (χ1v) is 5.66. The highest BCUT2D eigenvalue weighted by Gasteiger charge is 2.05. The fourth-order valence-corrected chi connectivity index (χ4v) is 1.62. The van der Waals surface area contributed by atoms with Gasteiger partial charge in [-0.25, -0.2) is 4.98 Å². The van der Waals surface area contributed by atoms with Crippen LogP contribution in [0.15, 0.2) is 55.1 Å². The van der Waals surface area contributed by atoms with Crippen LogP contribution in [0.4, 0.5) is 5.82 Å². The Morgan fingerprint density at radius 1 is 1.22 bits per heavy atom. The highest BCUT2D eigenvalue weighted by molar-refractivity contribution is 5.64. The van der Waals surface area contributed by atoms with Crippen molar-refractivity contribution in [1.82, 2.24) is 4.98 Å². The first-order valence-electron chi connectivity index (χ1n) is 5.66. The number of hydrogen-bond donors (Lipinski definition) is 1. The van der Waals surface area contributed by atoms with E-state index in [1.54, 1.807) is 12.1 Å². The van der Waals surface area contributed by atoms with Crippen LogP contribution in [0.5, 0.6) is 0 Å². The summed E-state index contributed by atoms with van der Waals surface area (Å²) in [6.07, 6.45) is 1.73. The molecule has 2 aromatic rings. The highest BCUT2D eigenvalue weighted by Crippen LogP contribution is 2.21. The lowest BCUT2D eigenvalue weighted by molar-refractivity contribution is 1.22. The Balaban J connectivity index is 2.40. The predicted molar refractivity (Wildman–Crippen MR) is 73.1 cm³/mol. The van der Waals surface area contributed by atoms with Crippen LogP contribution in [0, 0.1) is 11.3 Å². The minimum atomic E-state index is 0.538. The number of aromatic nitrogens is 1. The predicted octanol–water partition coefficient (Wildman–Crippen LogP) is 3.22. The van der Waals surface area contributed by atoms with Gasteiger partial charge in [0.25, 0.3) is 0 Å². The fraction of sp³-hybridized carbons (Fsp3) is 0.0667. The average molecular weight is 235 g/mol. The van der Waals surface area contributed by atoms with Gasteiger partial charge >= 0.3 is 0 Å². The van der Waals surface area contributed by atoms with E-state index < -0.39 is 0 Å². The maximum atomic E-state index is 9.02. The van der Waals surface area contributed by atoms with Gasteiger partial charge < -0.3 is 5.32 Å². The third-order valence-corrected chi connectivity index (χ3v) is 2.50. The second kappa shape index (κ2) is 5.65. The average Bonchev–Trinajstić information content (AvgIpc) is 2.45. The summed E-state index contributed by atoms with van der Waals surface area (Å²) in [6.45, 7) is 4.22. The van der Waals surface area contributed by atoms with Gasteiger partial charge in [0, 0.05) is 12.1 Å². The molecule has 0 spiro atoms. The fourth-order valence-electron chi connectivity index (χ4n) is 1.62. The highest BCUT2D eigenvalue weighted by atomic mass is 15.0. The Morgan fingerprint density at radius 2 is 2.00 bits per heavy atom. The second-order valence-electron chi connectivity index (χ2n) is 3.74. The molecule has 1 heterocycles. The normalized spacial score (nSPS) is 9.50. The van der Waals surface area contributed by atoms with Crippen molar-refractivity contribution in [1.29, 1.82) is 5.26 Å². The van der Waals surface area contributed by atoms with Crippen LogP contribution >= 0.6 is 0 Å². The smallest absolute Gasteiger partial charge is 0.144 e. The summed E-state index contributed by atoms with van der Waals surface area (Å²) in [4.78, 5) is 4.47. The van der Waals surface area contributed by atoms with E-state index in [0.717, 1.165) is 11.3 Å². The zero-order valence-electron chi connectivity index (χ0n) is 9.93. The molecule has 0 aliphatic rings. The zero-order chi connectivity index (χ0) is 12.8. The molecule has 0 amide bonds. The molecule has 0 aliphatic carbocycles. The van der Waals surface area contributed by atoms with Gasteiger partial charge in [-0.1, -0.05) is 36.4 Å². The van der Waals surface area contributed by atoms with Crippen molar-refractivity contribution in [3.63, 3.8) is 0 Å². The lowest BCUT2D eigenvalue weighted by atomic mass is 10.1. The molecule has 0 bridgehead atoms. The van der Waals surface area contributed by atoms with Crippen molar-refractivity contribution in [2.75, 3.05) is 11.9 Å². The molecule has 3 heteroatoms. The molecule has 3 nitrogen and oxygen atoms in total. The summed E-state index contributed by atoms with van der Waals surface area (Å²) in [5.41, 5.74) is 2.42. The molecule has 0 atom stereocenters. The molecule has 0 saturated heterocycles. The first kappa shape index (κ1) is 11.9. The summed E-state index contributed by atoms with van der Waals surface area (Å²) in [5.74, 6) is 0.596. The molecule has 88 valence electrons. The van der Waals surface area contributed by atoms with E-state index >= 15 is 0 Å². The van der Waals surface area contributed by atoms with Crippen LogP contribution in [-0.4, -0.2) is 11.5 Å². The van der Waals surface area contributed by atoms with Crippen LogP contribution in [0.3, 0.4) is 0 Å². The molecule has 1 aromatic heterocycles. The minimum absolute atomic E-state index is 0.538. The van der Waals surface area contributed by atoms with Crippen LogP contribution in [0.2, 0.25) is 0 Å². The Labute approximate surface area is 106 Å². The van der Waals surface area contributed by atoms with Gasteiger partial charge in [0.2, 0.25) is 0 Å². The maximum absolute atomic E-state index is 9.02. The topological polar surface area (TPSA) is 48.7 Å². The molecule has 1 N–H and O–H groups in total. The van der Waals surface area contributed by atoms with E-state index in [-0.39, 0.29) is 0 Å². The van der Waals surface area contributed by atoms with Gasteiger partial charge in [0.05, 0.1) is 11.3 Å². The van der Waals surface area contributed by atoms with E-state index in [1.807, 2.05) is 36.4 Å². The molecule has 18 heavy (non-hydrogen) atoms. The van der Waals surface area contributed by atoms with E-state index in [0.29, 0.717) is 17.9 Å². The molecular formula is C15H13N3. The summed E-state index contributed by atoms with van der Waals surface area (Å²) in [6, 6.07) is 15.6. The van der Waals surface area contributed by atoms with E-state index in [1.165, 1.54) is 0 Å². The van der Waals surface area contributed by atoms with E-state index in [4.69, 9.17) is 5.26 Å². The largest absolute Gasteiger partial charge is 0.365 e. The Bertz CT molecular complexity index is 582. The summed E-state index contributed by atoms with van der Waals surface area (Å²) >= 11 is 0. The van der Waals surface area contributed by atoms with E-state index in [2.05, 4.69) is 22.9 Å². The molecule has 0 aliphatic heterocycles. The van der Waals surface area contributed by atoms with Gasteiger partial charge in [-0.05, 0) is 12.1 Å². The molecule has 0 saturated carbocycles. The third kappa shape index (κ3) is 2.55. The van der Waals surface area contributed by atoms with Gasteiger partial charge in [-0.15, -0.1) is 6.58 Å². The molecule has 0 radical (unpaired) electrons. The first-order chi connectivity index (χ1) is 8.85. The van der Waals surface area contributed by atoms with Gasteiger partial charge in [0.1, 0.15) is 11.9 Å². The Kier molecular flexibility index (Phi) is 3.72. The van der Waals surface area contributed by atoms with Crippen LogP contribution in [-0.2, 0) is 0 Å². The van der Waals surface area contributed by atoms with Crippen molar-refractivity contribution < 1.29 is 0 Å². The monoisotopic (exact) mass is 235 g/mol. The zero-order valence-corrected chi connectivity index (χ0v) is 9.93. The lowest BCUT2D eigenvalue weighted by Crippen LogP contribution is -2.03. The van der Waals surface area contributed by atoms with Crippen molar-refractivity contribution in [3.8, 4) is 17.3 Å². The Morgan fingerprint density at radius 3 is 2.67 bits per heavy atom. The molecule has 1 aromatic carbocycles. The maximum Gasteiger partial charge on any atom is 0.144 e. The molecule has 0 fully saturated rings. The number of rotatable bonds is 4. The van der Waals surface area contributed by atoms with Gasteiger partial charge in [-0.3, -0.25) is 0 Å². The number of pyridine rings is 1. The standard InChI is InChI=1S/C15H13N3/c1-2-10-17-15-13(11-16)8-9-14(18-15)12-6-4-3-5-7-12/h2-9H,1,10H2,(H,17,18). The van der Waals surface area contributed by atoms with Crippen LogP contribution < -0.4 is 5.32 Å². The number of nitrogens with zero attached hydrogens (tertiary/aromatic N) is 2. The van der Waals surface area contributed by atoms with Crippen molar-refractivity contribution >= 4 is 5.82 Å². The minimum Gasteiger partial charge on any atom is -0.365 e. The molecule has 0 unspecified atom stereocenters. The number of benzene rings is 1. The van der Waals surface area contributed by atoms with Gasteiger partial charge in [-0.2, -0.15) is 5.26 Å². The number of nitrogens with one attached hydrogen (secondary N) is 1. The van der Waals surface area contributed by atoms with Crippen molar-refractivity contribution in [2.24, 2.45) is 0 Å². The van der Waals surface area contributed by atoms with Crippen molar-refractivity contribution in [2.45, 2.75) is 0 Å². The van der Waals surface area contributed by atoms with Gasteiger partial charge in [0.15, 0.2) is 0 Å². The summed E-state index contributed by atoms with van der Waals surface area (Å²) in [5, 5.41) is 12.1. The second-order valence-corrected chi connectivity index (χ2v) is 3.74. The number of anilines is 1. The number of hydrogen-bond acceptors (Lipinski definition) is 3. The van der Waals surface area contributed by atoms with Crippen molar-refractivity contribution in [3.05, 3.63) is 60.7 Å². The van der Waals surface area contributed by atoms with Crippen LogP contribution in [0.1, 0.15) is 5.56 Å². The number of nitriles is 1. The summed E-state index contributed by atoms with van der Waals surface area (Å²) < 4.78 is 0. The van der Waals surface area contributed by atoms with Crippen LogP contribution in [0.25, 0.3) is 11.3 Å². The summed E-state index contributed by atoms with van der Waals surface area (Å²) in [7, 11) is 0. The Hall–Kier alpha value is -2.60. The lowest BCUT2D eigenvalue weighted by Gasteiger charge is -2.07. The quantitative estimate of drug-likeness (QED) is 0.828. The van der Waals surface area contributed by atoms with E-state index in [9.17, 15) is 0 Å². The third-order valence-electron chi connectivity index (χ3n) is 2.50. The molecular weight excluding hydrogens is 222 g/mol.